The Labute approximate surface area is 158 Å². The first-order valence-electron chi connectivity index (χ1n) is 8.93. The fraction of sp³-hybridized carbons (Fsp3) is 0.368. The quantitative estimate of drug-likeness (QED) is 0.586. The molecule has 2 aromatic heterocycles. The summed E-state index contributed by atoms with van der Waals surface area (Å²) in [6, 6.07) is 7.96. The minimum atomic E-state index is -0.251. The molecule has 0 spiro atoms. The minimum absolute atomic E-state index is 0.127. The van der Waals surface area contributed by atoms with Gasteiger partial charge in [0, 0.05) is 19.6 Å². The van der Waals surface area contributed by atoms with Gasteiger partial charge in [0.25, 0.3) is 0 Å². The van der Waals surface area contributed by atoms with Crippen molar-refractivity contribution < 1.29 is 4.79 Å². The molecule has 0 radical (unpaired) electrons. The van der Waals surface area contributed by atoms with Gasteiger partial charge in [-0.25, -0.2) is 15.0 Å². The van der Waals surface area contributed by atoms with Crippen LogP contribution in [0.5, 0.6) is 0 Å². The molecule has 0 aliphatic heterocycles. The van der Waals surface area contributed by atoms with Crippen LogP contribution in [0.3, 0.4) is 0 Å². The molecule has 1 unspecified atom stereocenters. The molecule has 0 aliphatic rings. The number of fused-ring (bicyclic) bond motifs is 1. The molecule has 1 amide bonds. The van der Waals surface area contributed by atoms with E-state index in [0.29, 0.717) is 29.4 Å². The molecular formula is C19H25N7O. The minimum Gasteiger partial charge on any atom is -0.353 e. The van der Waals surface area contributed by atoms with Crippen molar-refractivity contribution in [2.45, 2.75) is 25.8 Å². The predicted molar refractivity (Wildman–Crippen MR) is 105 cm³/mol. The molecule has 8 heteroatoms. The molecule has 142 valence electrons. The Morgan fingerprint density at radius 3 is 2.59 bits per heavy atom. The van der Waals surface area contributed by atoms with Crippen LogP contribution in [-0.4, -0.2) is 46.0 Å². The first-order chi connectivity index (χ1) is 13.0. The highest BCUT2D eigenvalue weighted by molar-refractivity contribution is 5.86. The van der Waals surface area contributed by atoms with Crippen molar-refractivity contribution in [3.8, 4) is 0 Å². The summed E-state index contributed by atoms with van der Waals surface area (Å²) in [5.74, 6) is 0.980. The molecule has 3 rings (SSSR count). The summed E-state index contributed by atoms with van der Waals surface area (Å²) in [4.78, 5) is 29.5. The maximum atomic E-state index is 12.3. The fourth-order valence-corrected chi connectivity index (χ4v) is 2.86. The zero-order valence-electron chi connectivity index (χ0n) is 15.8. The van der Waals surface area contributed by atoms with E-state index in [1.807, 2.05) is 12.1 Å². The van der Waals surface area contributed by atoms with Crippen molar-refractivity contribution in [3.05, 3.63) is 48.0 Å². The summed E-state index contributed by atoms with van der Waals surface area (Å²) in [7, 11) is 1.80. The maximum absolute atomic E-state index is 12.3. The van der Waals surface area contributed by atoms with Crippen LogP contribution < -0.4 is 16.0 Å². The van der Waals surface area contributed by atoms with Crippen molar-refractivity contribution in [2.75, 3.05) is 25.0 Å². The van der Waals surface area contributed by atoms with Crippen molar-refractivity contribution in [2.24, 2.45) is 5.73 Å². The van der Waals surface area contributed by atoms with E-state index in [1.54, 1.807) is 18.3 Å². The topological polar surface area (TPSA) is 113 Å². The Morgan fingerprint density at radius 2 is 1.89 bits per heavy atom. The number of H-pyrrole nitrogens is 1. The lowest BCUT2D eigenvalue weighted by atomic mass is 9.99. The van der Waals surface area contributed by atoms with Gasteiger partial charge in [-0.15, -0.1) is 0 Å². The van der Waals surface area contributed by atoms with E-state index in [1.165, 1.54) is 11.9 Å². The lowest BCUT2D eigenvalue weighted by molar-refractivity contribution is -0.119. The third kappa shape index (κ3) is 4.40. The molecule has 0 fully saturated rings. The second-order valence-electron chi connectivity index (χ2n) is 6.89. The summed E-state index contributed by atoms with van der Waals surface area (Å²) >= 11 is 0. The third-order valence-corrected chi connectivity index (χ3v) is 4.50. The van der Waals surface area contributed by atoms with E-state index in [9.17, 15) is 4.79 Å². The van der Waals surface area contributed by atoms with Crippen LogP contribution in [0.25, 0.3) is 11.2 Å². The van der Waals surface area contributed by atoms with Crippen molar-refractivity contribution >= 4 is 22.9 Å². The highest BCUT2D eigenvalue weighted by Crippen LogP contribution is 2.18. The first kappa shape index (κ1) is 18.8. The van der Waals surface area contributed by atoms with E-state index in [-0.39, 0.29) is 18.5 Å². The number of carbonyl (C=O) groups excluding carboxylic acids is 1. The van der Waals surface area contributed by atoms with Gasteiger partial charge < -0.3 is 20.9 Å². The van der Waals surface area contributed by atoms with Gasteiger partial charge in [0.1, 0.15) is 11.8 Å². The van der Waals surface area contributed by atoms with Gasteiger partial charge in [-0.3, -0.25) is 4.79 Å². The van der Waals surface area contributed by atoms with Gasteiger partial charge in [0.15, 0.2) is 11.5 Å². The molecule has 0 saturated heterocycles. The highest BCUT2D eigenvalue weighted by atomic mass is 16.2. The van der Waals surface area contributed by atoms with Crippen LogP contribution in [0.2, 0.25) is 0 Å². The Kier molecular flexibility index (Phi) is 5.66. The Hall–Kier alpha value is -3.00. The van der Waals surface area contributed by atoms with E-state index in [2.05, 4.69) is 51.2 Å². The molecule has 1 atom stereocenters. The molecule has 1 aromatic carbocycles. The molecular weight excluding hydrogens is 342 g/mol. The Morgan fingerprint density at radius 1 is 1.19 bits per heavy atom. The molecule has 8 nitrogen and oxygen atoms in total. The average molecular weight is 367 g/mol. The molecule has 27 heavy (non-hydrogen) atoms. The van der Waals surface area contributed by atoms with Gasteiger partial charge >= 0.3 is 0 Å². The van der Waals surface area contributed by atoms with Crippen LogP contribution in [0, 0.1) is 0 Å². The number of amides is 1. The van der Waals surface area contributed by atoms with E-state index in [0.717, 1.165) is 5.56 Å². The Bertz CT molecular complexity index is 904. The number of benzene rings is 1. The molecule has 0 bridgehead atoms. The molecule has 0 saturated carbocycles. The Balaban J connectivity index is 1.55. The van der Waals surface area contributed by atoms with Crippen molar-refractivity contribution in [1.29, 1.82) is 0 Å². The summed E-state index contributed by atoms with van der Waals surface area (Å²) in [6.07, 6.45) is 2.99. The number of nitrogens with one attached hydrogen (secondary N) is 2. The zero-order chi connectivity index (χ0) is 19.4. The first-order valence-corrected chi connectivity index (χ1v) is 8.93. The number of nitrogens with two attached hydrogens (primary N) is 1. The summed E-state index contributed by atoms with van der Waals surface area (Å²) < 4.78 is 0. The monoisotopic (exact) mass is 367 g/mol. The molecule has 2 heterocycles. The van der Waals surface area contributed by atoms with Crippen LogP contribution in [-0.2, 0) is 4.79 Å². The zero-order valence-corrected chi connectivity index (χ0v) is 15.8. The summed E-state index contributed by atoms with van der Waals surface area (Å²) in [5.41, 5.74) is 9.75. The van der Waals surface area contributed by atoms with E-state index >= 15 is 0 Å². The number of hydrogen-bond donors (Lipinski definition) is 3. The fourth-order valence-electron chi connectivity index (χ4n) is 2.86. The van der Waals surface area contributed by atoms with E-state index < -0.39 is 0 Å². The lowest BCUT2D eigenvalue weighted by Crippen LogP contribution is -2.39. The number of hydrogen-bond acceptors (Lipinski definition) is 6. The van der Waals surface area contributed by atoms with Crippen LogP contribution in [0.4, 0.5) is 5.82 Å². The highest BCUT2D eigenvalue weighted by Gasteiger charge is 2.15. The SMILES string of the molecule is CC(C)c1ccc(C(N)CNC(=O)CN(C)c2ncnc3nc[nH]c23)cc1. The smallest absolute Gasteiger partial charge is 0.239 e. The molecule has 0 aliphatic carbocycles. The van der Waals surface area contributed by atoms with Crippen molar-refractivity contribution in [3.63, 3.8) is 0 Å². The van der Waals surface area contributed by atoms with Crippen LogP contribution in [0.1, 0.15) is 36.9 Å². The largest absolute Gasteiger partial charge is 0.353 e. The maximum Gasteiger partial charge on any atom is 0.239 e. The number of carbonyl (C=O) groups is 1. The number of nitrogens with zero attached hydrogens (tertiary/aromatic N) is 4. The number of anilines is 1. The van der Waals surface area contributed by atoms with Crippen molar-refractivity contribution in [1.82, 2.24) is 25.3 Å². The second-order valence-corrected chi connectivity index (χ2v) is 6.89. The van der Waals surface area contributed by atoms with Crippen LogP contribution >= 0.6 is 0 Å². The lowest BCUT2D eigenvalue weighted by Gasteiger charge is -2.19. The van der Waals surface area contributed by atoms with Gasteiger partial charge in [-0.2, -0.15) is 0 Å². The second kappa shape index (κ2) is 8.13. The van der Waals surface area contributed by atoms with E-state index in [4.69, 9.17) is 5.73 Å². The predicted octanol–water partition coefficient (Wildman–Crippen LogP) is 1.73. The van der Waals surface area contributed by atoms with Gasteiger partial charge in [0.05, 0.1) is 12.9 Å². The normalized spacial score (nSPS) is 12.3. The van der Waals surface area contributed by atoms with Crippen LogP contribution in [0.15, 0.2) is 36.9 Å². The van der Waals surface area contributed by atoms with Gasteiger partial charge in [-0.1, -0.05) is 38.1 Å². The number of aromatic nitrogens is 4. The van der Waals surface area contributed by atoms with Gasteiger partial charge in [-0.05, 0) is 17.0 Å². The summed E-state index contributed by atoms with van der Waals surface area (Å²) in [6.45, 7) is 4.84. The number of likely N-dealkylation sites (N-methyl/N-ethyl adjacent to an activating group) is 1. The van der Waals surface area contributed by atoms with Gasteiger partial charge in [0.2, 0.25) is 5.91 Å². The molecule has 3 aromatic rings. The number of rotatable bonds is 7. The standard InChI is InChI=1S/C19H25N7O/c1-12(2)13-4-6-14(7-5-13)15(20)8-21-16(27)9-26(3)19-17-18(23-10-22-17)24-11-25-19/h4-7,10-12,15H,8-9,20H2,1-3H3,(H,21,27)(H,22,23,24,25). The number of imidazole rings is 1. The third-order valence-electron chi connectivity index (χ3n) is 4.50. The summed E-state index contributed by atoms with van der Waals surface area (Å²) in [5, 5.41) is 2.89. The number of aromatic amines is 1. The average Bonchev–Trinajstić information content (AvgIpc) is 3.14. The molecule has 4 N–H and O–H groups in total.